The first-order valence-corrected chi connectivity index (χ1v) is 7.95. The highest BCUT2D eigenvalue weighted by Gasteiger charge is 2.12. The van der Waals surface area contributed by atoms with Crippen LogP contribution in [-0.4, -0.2) is 37.7 Å². The van der Waals surface area contributed by atoms with Crippen LogP contribution in [0.25, 0.3) is 0 Å². The number of rotatable bonds is 9. The Labute approximate surface area is 130 Å². The van der Waals surface area contributed by atoms with Gasteiger partial charge in [0.1, 0.15) is 6.61 Å². The minimum Gasteiger partial charge on any atom is -0.490 e. The molecule has 0 atom stereocenters. The zero-order valence-electron chi connectivity index (χ0n) is 12.6. The summed E-state index contributed by atoms with van der Waals surface area (Å²) in [5.74, 6) is 1.51. The third-order valence-corrected chi connectivity index (χ3v) is 3.74. The molecule has 1 aromatic carbocycles. The molecule has 0 saturated carbocycles. The molecule has 0 spiro atoms. The van der Waals surface area contributed by atoms with Gasteiger partial charge in [-0.1, -0.05) is 13.8 Å². The summed E-state index contributed by atoms with van der Waals surface area (Å²) in [4.78, 5) is 2.32. The molecule has 1 aromatic rings. The molecule has 0 aliphatic carbocycles. The van der Waals surface area contributed by atoms with Crippen LogP contribution >= 0.6 is 15.9 Å². The fourth-order valence-corrected chi connectivity index (χ4v) is 2.56. The van der Waals surface area contributed by atoms with Crippen LogP contribution in [0.3, 0.4) is 0 Å². The van der Waals surface area contributed by atoms with Gasteiger partial charge in [-0.25, -0.2) is 0 Å². The molecule has 0 aromatic heterocycles. The van der Waals surface area contributed by atoms with Crippen LogP contribution in [0.2, 0.25) is 0 Å². The Kier molecular flexibility index (Phi) is 7.95. The van der Waals surface area contributed by atoms with Gasteiger partial charge in [-0.3, -0.25) is 0 Å². The summed E-state index contributed by atoms with van der Waals surface area (Å²) in [5.41, 5.74) is 6.71. The van der Waals surface area contributed by atoms with Crippen LogP contribution in [0.4, 0.5) is 0 Å². The van der Waals surface area contributed by atoms with Crippen LogP contribution in [0.1, 0.15) is 26.3 Å². The standard InChI is InChI=1S/C15H25BrN2O2/c1-4-18(5-2)7-8-20-15-13(16)9-12(11-17)10-14(15)19-6-3/h9-10H,4-8,11,17H2,1-3H3. The topological polar surface area (TPSA) is 47.7 Å². The van der Waals surface area contributed by atoms with E-state index in [1.807, 2.05) is 19.1 Å². The first-order valence-electron chi connectivity index (χ1n) is 7.16. The van der Waals surface area contributed by atoms with Gasteiger partial charge in [-0.2, -0.15) is 0 Å². The van der Waals surface area contributed by atoms with Gasteiger partial charge >= 0.3 is 0 Å². The SMILES string of the molecule is CCOc1cc(CN)cc(Br)c1OCCN(CC)CC. The highest BCUT2D eigenvalue weighted by Crippen LogP contribution is 2.36. The molecule has 1 rings (SSSR count). The van der Waals surface area contributed by atoms with E-state index in [-0.39, 0.29) is 0 Å². The molecule has 4 nitrogen and oxygen atoms in total. The third-order valence-electron chi connectivity index (χ3n) is 3.15. The van der Waals surface area contributed by atoms with Gasteiger partial charge in [0.05, 0.1) is 11.1 Å². The molecule has 20 heavy (non-hydrogen) atoms. The molecule has 114 valence electrons. The molecule has 0 radical (unpaired) electrons. The monoisotopic (exact) mass is 344 g/mol. The summed E-state index contributed by atoms with van der Waals surface area (Å²) in [7, 11) is 0. The number of nitrogens with two attached hydrogens (primary N) is 1. The van der Waals surface area contributed by atoms with Gasteiger partial charge < -0.3 is 20.1 Å². The van der Waals surface area contributed by atoms with Crippen molar-refractivity contribution in [1.29, 1.82) is 0 Å². The Hall–Kier alpha value is -0.780. The largest absolute Gasteiger partial charge is 0.490 e. The smallest absolute Gasteiger partial charge is 0.175 e. The number of likely N-dealkylation sites (N-methyl/N-ethyl adjacent to an activating group) is 1. The van der Waals surface area contributed by atoms with Crippen molar-refractivity contribution in [3.8, 4) is 11.5 Å². The van der Waals surface area contributed by atoms with Crippen molar-refractivity contribution in [2.45, 2.75) is 27.3 Å². The van der Waals surface area contributed by atoms with Crippen molar-refractivity contribution in [2.24, 2.45) is 5.73 Å². The minimum absolute atomic E-state index is 0.485. The predicted molar refractivity (Wildman–Crippen MR) is 86.5 cm³/mol. The van der Waals surface area contributed by atoms with Gasteiger partial charge in [0, 0.05) is 13.1 Å². The quantitative estimate of drug-likeness (QED) is 0.747. The number of halogens is 1. The number of hydrogen-bond donors (Lipinski definition) is 1. The average Bonchev–Trinajstić information content (AvgIpc) is 2.45. The van der Waals surface area contributed by atoms with Crippen LogP contribution in [0, 0.1) is 0 Å². The zero-order chi connectivity index (χ0) is 15.0. The molecule has 0 heterocycles. The Balaban J connectivity index is 2.77. The molecule has 0 aliphatic rings. The van der Waals surface area contributed by atoms with E-state index in [0.717, 1.165) is 41.2 Å². The maximum Gasteiger partial charge on any atom is 0.175 e. The predicted octanol–water partition coefficient (Wildman–Crippen LogP) is 3.03. The molecular weight excluding hydrogens is 320 g/mol. The van der Waals surface area contributed by atoms with Crippen molar-refractivity contribution in [1.82, 2.24) is 4.90 Å². The van der Waals surface area contributed by atoms with E-state index < -0.39 is 0 Å². The second-order valence-corrected chi connectivity index (χ2v) is 5.27. The maximum atomic E-state index is 5.90. The Morgan fingerprint density at radius 2 is 1.85 bits per heavy atom. The molecule has 0 saturated heterocycles. The summed E-state index contributed by atoms with van der Waals surface area (Å²) in [5, 5.41) is 0. The van der Waals surface area contributed by atoms with Gasteiger partial charge in [0.2, 0.25) is 0 Å². The summed E-state index contributed by atoms with van der Waals surface area (Å²) in [6.45, 7) is 11.0. The molecule has 5 heteroatoms. The van der Waals surface area contributed by atoms with Crippen molar-refractivity contribution < 1.29 is 9.47 Å². The third kappa shape index (κ3) is 4.96. The summed E-state index contributed by atoms with van der Waals surface area (Å²) in [6.07, 6.45) is 0. The zero-order valence-corrected chi connectivity index (χ0v) is 14.2. The maximum absolute atomic E-state index is 5.90. The first kappa shape index (κ1) is 17.3. The lowest BCUT2D eigenvalue weighted by Crippen LogP contribution is -2.28. The van der Waals surface area contributed by atoms with Gasteiger partial charge in [-0.05, 0) is 53.6 Å². The Bertz CT molecular complexity index is 409. The van der Waals surface area contributed by atoms with Crippen LogP contribution in [0.15, 0.2) is 16.6 Å². The normalized spacial score (nSPS) is 10.9. The molecule has 0 fully saturated rings. The van der Waals surface area contributed by atoms with E-state index in [2.05, 4.69) is 34.7 Å². The van der Waals surface area contributed by atoms with E-state index >= 15 is 0 Å². The second-order valence-electron chi connectivity index (χ2n) is 4.42. The van der Waals surface area contributed by atoms with E-state index in [4.69, 9.17) is 15.2 Å². The van der Waals surface area contributed by atoms with E-state index in [9.17, 15) is 0 Å². The molecule has 0 amide bonds. The molecule has 0 unspecified atom stereocenters. The van der Waals surface area contributed by atoms with Crippen LogP contribution < -0.4 is 15.2 Å². The van der Waals surface area contributed by atoms with E-state index in [1.54, 1.807) is 0 Å². The van der Waals surface area contributed by atoms with Crippen molar-refractivity contribution in [3.63, 3.8) is 0 Å². The Morgan fingerprint density at radius 3 is 2.40 bits per heavy atom. The van der Waals surface area contributed by atoms with Crippen LogP contribution in [0.5, 0.6) is 11.5 Å². The molecule has 0 aliphatic heterocycles. The fraction of sp³-hybridized carbons (Fsp3) is 0.600. The summed E-state index contributed by atoms with van der Waals surface area (Å²) >= 11 is 3.54. The highest BCUT2D eigenvalue weighted by molar-refractivity contribution is 9.10. The lowest BCUT2D eigenvalue weighted by molar-refractivity contribution is 0.213. The number of benzene rings is 1. The Morgan fingerprint density at radius 1 is 1.15 bits per heavy atom. The minimum atomic E-state index is 0.485. The summed E-state index contributed by atoms with van der Waals surface area (Å²) in [6, 6.07) is 3.93. The molecule has 0 bridgehead atoms. The van der Waals surface area contributed by atoms with Crippen LogP contribution in [-0.2, 0) is 6.54 Å². The van der Waals surface area contributed by atoms with Gasteiger partial charge in [-0.15, -0.1) is 0 Å². The molecular formula is C15H25BrN2O2. The number of hydrogen-bond acceptors (Lipinski definition) is 4. The summed E-state index contributed by atoms with van der Waals surface area (Å²) < 4.78 is 12.4. The molecule has 2 N–H and O–H groups in total. The van der Waals surface area contributed by atoms with Crippen molar-refractivity contribution in [3.05, 3.63) is 22.2 Å². The lowest BCUT2D eigenvalue weighted by atomic mass is 10.2. The van der Waals surface area contributed by atoms with E-state index in [1.165, 1.54) is 0 Å². The van der Waals surface area contributed by atoms with Gasteiger partial charge in [0.25, 0.3) is 0 Å². The van der Waals surface area contributed by atoms with E-state index in [0.29, 0.717) is 19.8 Å². The average molecular weight is 345 g/mol. The van der Waals surface area contributed by atoms with Crippen molar-refractivity contribution in [2.75, 3.05) is 32.8 Å². The number of ether oxygens (including phenoxy) is 2. The number of nitrogens with zero attached hydrogens (tertiary/aromatic N) is 1. The highest BCUT2D eigenvalue weighted by atomic mass is 79.9. The fourth-order valence-electron chi connectivity index (χ4n) is 1.96. The van der Waals surface area contributed by atoms with Crippen molar-refractivity contribution >= 4 is 15.9 Å². The lowest BCUT2D eigenvalue weighted by Gasteiger charge is -2.20. The second kappa shape index (κ2) is 9.21. The van der Waals surface area contributed by atoms with Gasteiger partial charge in [0.15, 0.2) is 11.5 Å². The first-order chi connectivity index (χ1) is 9.65.